The van der Waals surface area contributed by atoms with Crippen LogP contribution in [0.25, 0.3) is 0 Å². The number of nitrogens with zero attached hydrogens (tertiary/aromatic N) is 3. The van der Waals surface area contributed by atoms with Crippen LogP contribution in [-0.4, -0.2) is 25.7 Å². The molecule has 0 atom stereocenters. The first-order chi connectivity index (χ1) is 7.25. The third-order valence-corrected chi connectivity index (χ3v) is 2.08. The van der Waals surface area contributed by atoms with E-state index in [0.29, 0.717) is 10.7 Å². The first-order valence-electron chi connectivity index (χ1n) is 3.91. The van der Waals surface area contributed by atoms with Gasteiger partial charge in [-0.25, -0.2) is 0 Å². The van der Waals surface area contributed by atoms with E-state index in [1.165, 1.54) is 18.3 Å². The Bertz CT molecular complexity index is 500. The molecule has 2 N–H and O–H groups in total. The third kappa shape index (κ3) is 2.23. The lowest BCUT2D eigenvalue weighted by Crippen LogP contribution is -2.14. The molecule has 0 aromatic carbocycles. The number of pyridine rings is 1. The average Bonchev–Trinajstić information content (AvgIpc) is 2.71. The minimum absolute atomic E-state index is 0.260. The van der Waals surface area contributed by atoms with Crippen LogP contribution in [0.1, 0.15) is 10.4 Å². The quantitative estimate of drug-likeness (QED) is 0.738. The number of hydrogen-bond acceptors (Lipinski definition) is 6. The maximum Gasteiger partial charge on any atom is 0.259 e. The Morgan fingerprint density at radius 2 is 2.33 bits per heavy atom. The van der Waals surface area contributed by atoms with E-state index in [2.05, 4.69) is 25.1 Å². The highest BCUT2D eigenvalue weighted by Gasteiger charge is 2.07. The highest BCUT2D eigenvalue weighted by Crippen LogP contribution is 2.06. The summed E-state index contributed by atoms with van der Waals surface area (Å²) in [5, 5.41) is 9.67. The maximum absolute atomic E-state index is 11.5. The second kappa shape index (κ2) is 3.96. The summed E-state index contributed by atoms with van der Waals surface area (Å²) in [5.74, 6) is -0.371. The molecule has 76 valence electrons. The van der Waals surface area contributed by atoms with Crippen LogP contribution >= 0.6 is 11.5 Å². The van der Waals surface area contributed by atoms with Crippen molar-refractivity contribution in [3.63, 3.8) is 0 Å². The molecule has 2 aromatic heterocycles. The number of aromatic nitrogens is 4. The van der Waals surface area contributed by atoms with Crippen molar-refractivity contribution in [1.29, 1.82) is 0 Å². The molecule has 0 aliphatic carbocycles. The Balaban J connectivity index is 2.15. The van der Waals surface area contributed by atoms with Crippen LogP contribution in [0.4, 0.5) is 5.13 Å². The summed E-state index contributed by atoms with van der Waals surface area (Å²) in [5.41, 5.74) is 0.0777. The number of nitrogens with one attached hydrogen (secondary N) is 2. The lowest BCUT2D eigenvalue weighted by molar-refractivity contribution is 0.102. The largest absolute Gasteiger partial charge is 0.328 e. The minimum Gasteiger partial charge on any atom is -0.328 e. The maximum atomic E-state index is 11.5. The zero-order chi connectivity index (χ0) is 10.7. The van der Waals surface area contributed by atoms with E-state index in [4.69, 9.17) is 0 Å². The van der Waals surface area contributed by atoms with E-state index in [1.54, 1.807) is 0 Å². The SMILES string of the molecule is O=C(Nc1nnns1)c1ccc(=O)[nH]c1. The van der Waals surface area contributed by atoms with Gasteiger partial charge in [-0.1, -0.05) is 9.59 Å². The monoisotopic (exact) mass is 223 g/mol. The standard InChI is InChI=1S/C7H5N5O2S/c13-5-2-1-4(3-8-5)6(14)9-7-10-11-12-15-7/h1-3H,(H,8,13)(H,9,10,12,14). The molecule has 0 bridgehead atoms. The molecule has 0 radical (unpaired) electrons. The zero-order valence-corrected chi connectivity index (χ0v) is 8.11. The summed E-state index contributed by atoms with van der Waals surface area (Å²) in [6.07, 6.45) is 1.33. The van der Waals surface area contributed by atoms with Gasteiger partial charge < -0.3 is 4.98 Å². The smallest absolute Gasteiger partial charge is 0.259 e. The van der Waals surface area contributed by atoms with Crippen LogP contribution in [0.2, 0.25) is 0 Å². The first kappa shape index (κ1) is 9.46. The van der Waals surface area contributed by atoms with Crippen LogP contribution in [-0.2, 0) is 0 Å². The fraction of sp³-hybridized carbons (Fsp3) is 0. The topological polar surface area (TPSA) is 101 Å². The van der Waals surface area contributed by atoms with Gasteiger partial charge in [0, 0.05) is 23.8 Å². The molecular weight excluding hydrogens is 218 g/mol. The van der Waals surface area contributed by atoms with Gasteiger partial charge in [0.15, 0.2) is 0 Å². The Morgan fingerprint density at radius 3 is 2.93 bits per heavy atom. The summed E-state index contributed by atoms with van der Waals surface area (Å²) in [6, 6.07) is 2.69. The highest BCUT2D eigenvalue weighted by molar-refractivity contribution is 7.09. The Labute approximate surface area is 87.3 Å². The van der Waals surface area contributed by atoms with E-state index >= 15 is 0 Å². The van der Waals surface area contributed by atoms with Gasteiger partial charge in [-0.3, -0.25) is 14.9 Å². The van der Waals surface area contributed by atoms with Gasteiger partial charge in [0.25, 0.3) is 5.91 Å². The van der Waals surface area contributed by atoms with Gasteiger partial charge >= 0.3 is 0 Å². The normalized spacial score (nSPS) is 9.87. The number of carbonyl (C=O) groups excluding carboxylic acids is 1. The molecule has 0 aliphatic heterocycles. The van der Waals surface area contributed by atoms with Gasteiger partial charge in [-0.15, -0.1) is 0 Å². The molecule has 1 amide bonds. The molecule has 0 unspecified atom stereocenters. The summed E-state index contributed by atoms with van der Waals surface area (Å²) in [6.45, 7) is 0. The molecule has 0 aliphatic rings. The predicted octanol–water partition coefficient (Wildman–Crippen LogP) is -0.126. The van der Waals surface area contributed by atoms with E-state index in [0.717, 1.165) is 11.5 Å². The first-order valence-corrected chi connectivity index (χ1v) is 4.68. The highest BCUT2D eigenvalue weighted by atomic mass is 32.1. The second-order valence-corrected chi connectivity index (χ2v) is 3.30. The van der Waals surface area contributed by atoms with Gasteiger partial charge in [0.2, 0.25) is 10.7 Å². The number of rotatable bonds is 2. The fourth-order valence-corrected chi connectivity index (χ4v) is 1.26. The third-order valence-electron chi connectivity index (χ3n) is 1.57. The fourth-order valence-electron chi connectivity index (χ4n) is 0.903. The van der Waals surface area contributed by atoms with Crippen molar-refractivity contribution in [3.05, 3.63) is 34.2 Å². The van der Waals surface area contributed by atoms with E-state index in [-0.39, 0.29) is 11.5 Å². The zero-order valence-electron chi connectivity index (χ0n) is 7.30. The molecule has 2 rings (SSSR count). The molecule has 0 fully saturated rings. The van der Waals surface area contributed by atoms with Gasteiger partial charge in [0.05, 0.1) is 5.56 Å². The number of carbonyl (C=O) groups is 1. The van der Waals surface area contributed by atoms with E-state index in [9.17, 15) is 9.59 Å². The van der Waals surface area contributed by atoms with Crippen molar-refractivity contribution in [3.8, 4) is 0 Å². The van der Waals surface area contributed by atoms with Crippen molar-refractivity contribution < 1.29 is 4.79 Å². The van der Waals surface area contributed by atoms with Crippen LogP contribution < -0.4 is 10.9 Å². The van der Waals surface area contributed by atoms with Crippen molar-refractivity contribution >= 4 is 22.6 Å². The average molecular weight is 223 g/mol. The molecular formula is C7H5N5O2S. The molecule has 8 heteroatoms. The number of amides is 1. The number of anilines is 1. The van der Waals surface area contributed by atoms with Crippen molar-refractivity contribution in [2.24, 2.45) is 0 Å². The summed E-state index contributed by atoms with van der Waals surface area (Å²) in [4.78, 5) is 24.6. The second-order valence-electron chi connectivity index (χ2n) is 2.56. The minimum atomic E-state index is -0.371. The number of hydrogen-bond donors (Lipinski definition) is 2. The van der Waals surface area contributed by atoms with Crippen LogP contribution in [0.3, 0.4) is 0 Å². The predicted molar refractivity (Wildman–Crippen MR) is 52.7 cm³/mol. The summed E-state index contributed by atoms with van der Waals surface area (Å²) in [7, 11) is 0. The van der Waals surface area contributed by atoms with Crippen LogP contribution in [0.5, 0.6) is 0 Å². The molecule has 2 aromatic rings. The molecule has 15 heavy (non-hydrogen) atoms. The van der Waals surface area contributed by atoms with Crippen LogP contribution in [0, 0.1) is 0 Å². The lowest BCUT2D eigenvalue weighted by atomic mass is 10.3. The molecule has 0 spiro atoms. The number of aromatic amines is 1. The lowest BCUT2D eigenvalue weighted by Gasteiger charge is -1.98. The molecule has 0 saturated heterocycles. The van der Waals surface area contributed by atoms with E-state index in [1.807, 2.05) is 0 Å². The summed E-state index contributed by atoms with van der Waals surface area (Å²) < 4.78 is 3.49. The Kier molecular flexibility index (Phi) is 2.50. The molecule has 7 nitrogen and oxygen atoms in total. The van der Waals surface area contributed by atoms with Crippen molar-refractivity contribution in [1.82, 2.24) is 19.8 Å². The number of H-pyrrole nitrogens is 1. The summed E-state index contributed by atoms with van der Waals surface area (Å²) >= 11 is 0.973. The van der Waals surface area contributed by atoms with Gasteiger partial charge in [-0.2, -0.15) is 0 Å². The van der Waals surface area contributed by atoms with Gasteiger partial charge in [0.1, 0.15) is 0 Å². The Morgan fingerprint density at radius 1 is 1.47 bits per heavy atom. The molecule has 2 heterocycles. The van der Waals surface area contributed by atoms with Crippen molar-refractivity contribution in [2.45, 2.75) is 0 Å². The van der Waals surface area contributed by atoms with Crippen molar-refractivity contribution in [2.75, 3.05) is 5.32 Å². The van der Waals surface area contributed by atoms with Crippen LogP contribution in [0.15, 0.2) is 23.1 Å². The van der Waals surface area contributed by atoms with E-state index < -0.39 is 0 Å². The van der Waals surface area contributed by atoms with Gasteiger partial charge in [-0.05, 0) is 11.3 Å². The molecule has 0 saturated carbocycles. The Hall–Kier alpha value is -2.09.